The van der Waals surface area contributed by atoms with Crippen molar-refractivity contribution in [3.63, 3.8) is 0 Å². The van der Waals surface area contributed by atoms with E-state index < -0.39 is 0 Å². The molecule has 0 saturated carbocycles. The van der Waals surface area contributed by atoms with Crippen LogP contribution in [0.25, 0.3) is 11.0 Å². The van der Waals surface area contributed by atoms with Gasteiger partial charge < -0.3 is 19.5 Å². The standard InChI is InChI=1S/C25H23ClN4O2/c1-17-10-11-18(14-21(17)28-25(31)16-32-23-9-5-2-6-19(23)26)29-12-13-30-22-8-4-3-7-20(22)27-24(30)15-29/h2-11,14H,12-13,15-16H2,1H3,(H,28,31). The van der Waals surface area contributed by atoms with E-state index in [-0.39, 0.29) is 12.5 Å². The number of rotatable bonds is 5. The zero-order valence-electron chi connectivity index (χ0n) is 17.7. The normalized spacial score (nSPS) is 13.1. The van der Waals surface area contributed by atoms with Crippen LogP contribution in [0.5, 0.6) is 5.75 Å². The molecule has 0 spiro atoms. The highest BCUT2D eigenvalue weighted by atomic mass is 35.5. The highest BCUT2D eigenvalue weighted by molar-refractivity contribution is 6.32. The fourth-order valence-electron chi connectivity index (χ4n) is 4.02. The summed E-state index contributed by atoms with van der Waals surface area (Å²) >= 11 is 6.09. The minimum atomic E-state index is -0.231. The number of aromatic nitrogens is 2. The number of hydrogen-bond donors (Lipinski definition) is 1. The van der Waals surface area contributed by atoms with E-state index in [0.29, 0.717) is 10.8 Å². The van der Waals surface area contributed by atoms with Crippen molar-refractivity contribution in [1.82, 2.24) is 9.55 Å². The van der Waals surface area contributed by atoms with Crippen LogP contribution < -0.4 is 15.0 Å². The number of halogens is 1. The lowest BCUT2D eigenvalue weighted by molar-refractivity contribution is -0.118. The second-order valence-corrected chi connectivity index (χ2v) is 8.26. The summed E-state index contributed by atoms with van der Waals surface area (Å²) in [5, 5.41) is 3.45. The maximum atomic E-state index is 12.5. The molecule has 0 unspecified atom stereocenters. The number of fused-ring (bicyclic) bond motifs is 3. The van der Waals surface area contributed by atoms with E-state index in [1.54, 1.807) is 12.1 Å². The molecular weight excluding hydrogens is 424 g/mol. The van der Waals surface area contributed by atoms with Gasteiger partial charge in [-0.15, -0.1) is 0 Å². The molecular formula is C25H23ClN4O2. The number of anilines is 2. The predicted molar refractivity (Wildman–Crippen MR) is 128 cm³/mol. The van der Waals surface area contributed by atoms with Gasteiger partial charge in [0, 0.05) is 24.5 Å². The lowest BCUT2D eigenvalue weighted by Crippen LogP contribution is -2.33. The third-order valence-corrected chi connectivity index (χ3v) is 6.03. The van der Waals surface area contributed by atoms with Crippen molar-refractivity contribution < 1.29 is 9.53 Å². The molecule has 1 aliphatic rings. The largest absolute Gasteiger partial charge is 0.482 e. The predicted octanol–water partition coefficient (Wildman–Crippen LogP) is 5.04. The summed E-state index contributed by atoms with van der Waals surface area (Å²) < 4.78 is 7.85. The number of hydrogen-bond acceptors (Lipinski definition) is 4. The van der Waals surface area contributed by atoms with E-state index in [9.17, 15) is 4.79 Å². The maximum Gasteiger partial charge on any atom is 0.262 e. The van der Waals surface area contributed by atoms with E-state index in [1.165, 1.54) is 5.52 Å². The third-order valence-electron chi connectivity index (χ3n) is 5.72. The van der Waals surface area contributed by atoms with Gasteiger partial charge in [0.15, 0.2) is 6.61 Å². The zero-order chi connectivity index (χ0) is 22.1. The van der Waals surface area contributed by atoms with Crippen LogP contribution in [0.4, 0.5) is 11.4 Å². The summed E-state index contributed by atoms with van der Waals surface area (Å²) in [4.78, 5) is 19.6. The van der Waals surface area contributed by atoms with Gasteiger partial charge in [0.05, 0.1) is 22.6 Å². The quantitative estimate of drug-likeness (QED) is 0.466. The molecule has 1 N–H and O–H groups in total. The average molecular weight is 447 g/mol. The molecule has 3 aromatic carbocycles. The Morgan fingerprint density at radius 2 is 1.91 bits per heavy atom. The second-order valence-electron chi connectivity index (χ2n) is 7.86. The summed E-state index contributed by atoms with van der Waals surface area (Å²) in [6.45, 7) is 4.34. The van der Waals surface area contributed by atoms with Crippen LogP contribution in [0.2, 0.25) is 5.02 Å². The van der Waals surface area contributed by atoms with E-state index in [4.69, 9.17) is 21.3 Å². The molecule has 5 rings (SSSR count). The summed E-state index contributed by atoms with van der Waals surface area (Å²) in [6, 6.07) is 21.5. The molecule has 0 aliphatic carbocycles. The molecule has 0 atom stereocenters. The van der Waals surface area contributed by atoms with Gasteiger partial charge in [-0.25, -0.2) is 4.98 Å². The van der Waals surface area contributed by atoms with Crippen molar-refractivity contribution in [2.24, 2.45) is 0 Å². The van der Waals surface area contributed by atoms with Gasteiger partial charge in [-0.3, -0.25) is 4.79 Å². The minimum absolute atomic E-state index is 0.110. The molecule has 1 aliphatic heterocycles. The molecule has 2 heterocycles. The Kier molecular flexibility index (Phi) is 5.45. The molecule has 0 radical (unpaired) electrons. The number of nitrogens with one attached hydrogen (secondary N) is 1. The van der Waals surface area contributed by atoms with Gasteiger partial charge in [-0.2, -0.15) is 0 Å². The molecule has 0 bridgehead atoms. The number of imidazole rings is 1. The summed E-state index contributed by atoms with van der Waals surface area (Å²) in [6.07, 6.45) is 0. The Labute approximate surface area is 191 Å². The first-order chi connectivity index (χ1) is 15.6. The van der Waals surface area contributed by atoms with Crippen LogP contribution in [0, 0.1) is 6.92 Å². The molecule has 0 saturated heterocycles. The Morgan fingerprint density at radius 1 is 1.09 bits per heavy atom. The van der Waals surface area contributed by atoms with Crippen molar-refractivity contribution in [2.45, 2.75) is 20.0 Å². The van der Waals surface area contributed by atoms with Crippen LogP contribution in [0.1, 0.15) is 11.4 Å². The number of para-hydroxylation sites is 3. The Bertz CT molecular complexity index is 1300. The minimum Gasteiger partial charge on any atom is -0.482 e. The fraction of sp³-hybridized carbons (Fsp3) is 0.200. The van der Waals surface area contributed by atoms with E-state index in [2.05, 4.69) is 33.0 Å². The molecule has 1 aromatic heterocycles. The monoisotopic (exact) mass is 446 g/mol. The average Bonchev–Trinajstić information content (AvgIpc) is 3.18. The van der Waals surface area contributed by atoms with Crippen LogP contribution in [-0.2, 0) is 17.9 Å². The Hall–Kier alpha value is -3.51. The zero-order valence-corrected chi connectivity index (χ0v) is 18.5. The van der Waals surface area contributed by atoms with Gasteiger partial charge in [-0.05, 0) is 48.9 Å². The highest BCUT2D eigenvalue weighted by Crippen LogP contribution is 2.28. The molecule has 32 heavy (non-hydrogen) atoms. The summed E-state index contributed by atoms with van der Waals surface area (Å²) in [7, 11) is 0. The maximum absolute atomic E-state index is 12.5. The highest BCUT2D eigenvalue weighted by Gasteiger charge is 2.21. The van der Waals surface area contributed by atoms with Crippen LogP contribution >= 0.6 is 11.6 Å². The van der Waals surface area contributed by atoms with Crippen molar-refractivity contribution >= 4 is 39.9 Å². The first kappa shape index (κ1) is 20.4. The number of carbonyl (C=O) groups is 1. The molecule has 7 heteroatoms. The summed E-state index contributed by atoms with van der Waals surface area (Å²) in [5.74, 6) is 1.31. The first-order valence-electron chi connectivity index (χ1n) is 10.6. The molecule has 0 fully saturated rings. The number of aryl methyl sites for hydroxylation is 1. The topological polar surface area (TPSA) is 59.4 Å². The number of carbonyl (C=O) groups excluding carboxylic acids is 1. The first-order valence-corrected chi connectivity index (χ1v) is 10.9. The van der Waals surface area contributed by atoms with Crippen molar-refractivity contribution in [2.75, 3.05) is 23.4 Å². The molecule has 6 nitrogen and oxygen atoms in total. The van der Waals surface area contributed by atoms with E-state index >= 15 is 0 Å². The van der Waals surface area contributed by atoms with Crippen LogP contribution in [-0.4, -0.2) is 28.6 Å². The Morgan fingerprint density at radius 3 is 2.78 bits per heavy atom. The molecule has 162 valence electrons. The summed E-state index contributed by atoms with van der Waals surface area (Å²) in [5.41, 5.74) is 5.02. The van der Waals surface area contributed by atoms with Crippen molar-refractivity contribution in [1.29, 1.82) is 0 Å². The van der Waals surface area contributed by atoms with E-state index in [0.717, 1.165) is 47.9 Å². The number of nitrogens with zero attached hydrogens (tertiary/aromatic N) is 3. The molecule has 1 amide bonds. The SMILES string of the molecule is Cc1ccc(N2CCn3c(nc4ccccc43)C2)cc1NC(=O)COc1ccccc1Cl. The smallest absolute Gasteiger partial charge is 0.262 e. The Balaban J connectivity index is 1.29. The van der Waals surface area contributed by atoms with Crippen LogP contribution in [0.3, 0.4) is 0 Å². The van der Waals surface area contributed by atoms with Gasteiger partial charge in [0.2, 0.25) is 0 Å². The number of ether oxygens (including phenoxy) is 1. The van der Waals surface area contributed by atoms with E-state index in [1.807, 2.05) is 43.3 Å². The van der Waals surface area contributed by atoms with Gasteiger partial charge >= 0.3 is 0 Å². The van der Waals surface area contributed by atoms with Crippen molar-refractivity contribution in [3.8, 4) is 5.75 Å². The van der Waals surface area contributed by atoms with Crippen LogP contribution in [0.15, 0.2) is 66.7 Å². The molecule has 4 aromatic rings. The van der Waals surface area contributed by atoms with Gasteiger partial charge in [-0.1, -0.05) is 41.9 Å². The lowest BCUT2D eigenvalue weighted by atomic mass is 10.1. The van der Waals surface area contributed by atoms with Gasteiger partial charge in [0.1, 0.15) is 11.6 Å². The third kappa shape index (κ3) is 4.01. The number of benzene rings is 3. The fourth-order valence-corrected chi connectivity index (χ4v) is 4.21. The second kappa shape index (κ2) is 8.55. The van der Waals surface area contributed by atoms with Crippen molar-refractivity contribution in [3.05, 3.63) is 83.1 Å². The lowest BCUT2D eigenvalue weighted by Gasteiger charge is -2.30. The van der Waals surface area contributed by atoms with Gasteiger partial charge in [0.25, 0.3) is 5.91 Å². The number of amides is 1.